The molecule has 106 valence electrons. The summed E-state index contributed by atoms with van der Waals surface area (Å²) in [5.74, 6) is -2.81. The molecule has 19 heavy (non-hydrogen) atoms. The van der Waals surface area contributed by atoms with Crippen LogP contribution in [0.1, 0.15) is 31.2 Å². The number of rotatable bonds is 6. The van der Waals surface area contributed by atoms with Crippen molar-refractivity contribution in [2.45, 2.75) is 37.7 Å². The first-order valence-corrected chi connectivity index (χ1v) is 6.94. The molecular weight excluding hydrogens is 248 g/mol. The van der Waals surface area contributed by atoms with E-state index in [0.717, 1.165) is 25.9 Å². The Labute approximate surface area is 113 Å². The monoisotopic (exact) mass is 269 g/mol. The molecule has 0 spiro atoms. The number of alkyl halides is 2. The number of hydrogen-bond donors (Lipinski definition) is 1. The van der Waals surface area contributed by atoms with Gasteiger partial charge in [-0.05, 0) is 32.2 Å². The van der Waals surface area contributed by atoms with Crippen LogP contribution in [0.3, 0.4) is 0 Å². The predicted octanol–water partition coefficient (Wildman–Crippen LogP) is 3.33. The quantitative estimate of drug-likeness (QED) is 0.800. The van der Waals surface area contributed by atoms with Crippen molar-refractivity contribution in [1.82, 2.24) is 5.32 Å². The molecule has 0 aliphatic carbocycles. The van der Waals surface area contributed by atoms with Crippen LogP contribution < -0.4 is 5.32 Å². The second-order valence-corrected chi connectivity index (χ2v) is 5.02. The SMILES string of the molecule is FC(F)(CNCCC1CCCCO1)c1ccccc1. The largest absolute Gasteiger partial charge is 0.378 e. The highest BCUT2D eigenvalue weighted by atomic mass is 19.3. The zero-order valence-corrected chi connectivity index (χ0v) is 11.1. The zero-order chi connectivity index (χ0) is 13.6. The van der Waals surface area contributed by atoms with Gasteiger partial charge in [0.25, 0.3) is 5.92 Å². The summed E-state index contributed by atoms with van der Waals surface area (Å²) in [6, 6.07) is 7.95. The summed E-state index contributed by atoms with van der Waals surface area (Å²) in [6.07, 6.45) is 4.41. The summed E-state index contributed by atoms with van der Waals surface area (Å²) >= 11 is 0. The van der Waals surface area contributed by atoms with Gasteiger partial charge in [0.15, 0.2) is 0 Å². The minimum absolute atomic E-state index is 0.0661. The van der Waals surface area contributed by atoms with Gasteiger partial charge in [-0.3, -0.25) is 0 Å². The molecule has 1 N–H and O–H groups in total. The maximum absolute atomic E-state index is 13.8. The van der Waals surface area contributed by atoms with Crippen molar-refractivity contribution >= 4 is 0 Å². The van der Waals surface area contributed by atoms with E-state index in [0.29, 0.717) is 6.54 Å². The Kier molecular flexibility index (Phi) is 5.28. The lowest BCUT2D eigenvalue weighted by Crippen LogP contribution is -2.33. The summed E-state index contributed by atoms with van der Waals surface area (Å²) in [4.78, 5) is 0. The van der Waals surface area contributed by atoms with Crippen LogP contribution in [0.2, 0.25) is 0 Å². The molecule has 1 aliphatic heterocycles. The Balaban J connectivity index is 1.69. The molecule has 4 heteroatoms. The van der Waals surface area contributed by atoms with Gasteiger partial charge < -0.3 is 10.1 Å². The number of halogens is 2. The average molecular weight is 269 g/mol. The maximum Gasteiger partial charge on any atom is 0.285 e. The summed E-state index contributed by atoms with van der Waals surface area (Å²) in [5, 5.41) is 2.84. The van der Waals surface area contributed by atoms with E-state index in [1.54, 1.807) is 18.2 Å². The Morgan fingerprint density at radius 1 is 1.21 bits per heavy atom. The lowest BCUT2D eigenvalue weighted by molar-refractivity contribution is -0.00870. The molecule has 0 bridgehead atoms. The van der Waals surface area contributed by atoms with Gasteiger partial charge in [0.1, 0.15) is 0 Å². The third kappa shape index (κ3) is 4.55. The third-order valence-electron chi connectivity index (χ3n) is 3.46. The van der Waals surface area contributed by atoms with E-state index < -0.39 is 5.92 Å². The van der Waals surface area contributed by atoms with E-state index >= 15 is 0 Å². The van der Waals surface area contributed by atoms with Crippen molar-refractivity contribution in [3.63, 3.8) is 0 Å². The predicted molar refractivity (Wildman–Crippen MR) is 71.4 cm³/mol. The van der Waals surface area contributed by atoms with Gasteiger partial charge in [-0.25, -0.2) is 0 Å². The van der Waals surface area contributed by atoms with Gasteiger partial charge >= 0.3 is 0 Å². The van der Waals surface area contributed by atoms with Gasteiger partial charge in [0.2, 0.25) is 0 Å². The Bertz CT molecular complexity index is 364. The molecule has 2 nitrogen and oxygen atoms in total. The highest BCUT2D eigenvalue weighted by Gasteiger charge is 2.30. The van der Waals surface area contributed by atoms with Crippen molar-refractivity contribution in [1.29, 1.82) is 0 Å². The summed E-state index contributed by atoms with van der Waals surface area (Å²) in [6.45, 7) is 1.07. The molecular formula is C15H21F2NO. The molecule has 0 radical (unpaired) electrons. The van der Waals surface area contributed by atoms with Crippen LogP contribution in [0, 0.1) is 0 Å². The Morgan fingerprint density at radius 2 is 2.00 bits per heavy atom. The highest BCUT2D eigenvalue weighted by molar-refractivity contribution is 5.20. The van der Waals surface area contributed by atoms with Gasteiger partial charge in [0.05, 0.1) is 12.6 Å². The summed E-state index contributed by atoms with van der Waals surface area (Å²) in [7, 11) is 0. The van der Waals surface area contributed by atoms with Crippen molar-refractivity contribution < 1.29 is 13.5 Å². The van der Waals surface area contributed by atoms with Crippen molar-refractivity contribution in [2.75, 3.05) is 19.7 Å². The number of nitrogens with one attached hydrogen (secondary N) is 1. The Morgan fingerprint density at radius 3 is 2.68 bits per heavy atom. The summed E-state index contributed by atoms with van der Waals surface area (Å²) in [5.41, 5.74) is 0.0661. The molecule has 2 rings (SSSR count). The zero-order valence-electron chi connectivity index (χ0n) is 11.1. The molecule has 1 atom stereocenters. The van der Waals surface area contributed by atoms with Crippen molar-refractivity contribution in [3.05, 3.63) is 35.9 Å². The van der Waals surface area contributed by atoms with Gasteiger partial charge in [-0.2, -0.15) is 8.78 Å². The van der Waals surface area contributed by atoms with E-state index in [-0.39, 0.29) is 18.2 Å². The van der Waals surface area contributed by atoms with Gasteiger partial charge in [-0.1, -0.05) is 30.3 Å². The van der Waals surface area contributed by atoms with E-state index in [4.69, 9.17) is 4.74 Å². The molecule has 0 saturated carbocycles. The van der Waals surface area contributed by atoms with E-state index in [1.807, 2.05) is 0 Å². The van der Waals surface area contributed by atoms with E-state index in [9.17, 15) is 8.78 Å². The molecule has 0 aromatic heterocycles. The van der Waals surface area contributed by atoms with E-state index in [1.165, 1.54) is 18.6 Å². The fourth-order valence-electron chi connectivity index (χ4n) is 2.33. The molecule has 1 aromatic carbocycles. The fourth-order valence-corrected chi connectivity index (χ4v) is 2.33. The molecule has 1 saturated heterocycles. The first-order valence-electron chi connectivity index (χ1n) is 6.94. The fraction of sp³-hybridized carbons (Fsp3) is 0.600. The van der Waals surface area contributed by atoms with Crippen molar-refractivity contribution in [3.8, 4) is 0 Å². The molecule has 1 aliphatic rings. The first kappa shape index (κ1) is 14.4. The first-order chi connectivity index (χ1) is 9.18. The molecule has 1 unspecified atom stereocenters. The van der Waals surface area contributed by atoms with Crippen molar-refractivity contribution in [2.24, 2.45) is 0 Å². The Hall–Kier alpha value is -1.00. The second kappa shape index (κ2) is 6.96. The number of benzene rings is 1. The smallest absolute Gasteiger partial charge is 0.285 e. The lowest BCUT2D eigenvalue weighted by Gasteiger charge is -2.23. The summed E-state index contributed by atoms with van der Waals surface area (Å²) < 4.78 is 33.2. The van der Waals surface area contributed by atoms with Crippen LogP contribution in [-0.4, -0.2) is 25.8 Å². The van der Waals surface area contributed by atoms with Crippen LogP contribution >= 0.6 is 0 Å². The molecule has 0 amide bonds. The van der Waals surface area contributed by atoms with Crippen LogP contribution in [-0.2, 0) is 10.7 Å². The number of hydrogen-bond acceptors (Lipinski definition) is 2. The minimum Gasteiger partial charge on any atom is -0.378 e. The molecule has 1 aromatic rings. The normalized spacial score (nSPS) is 20.4. The molecule has 1 heterocycles. The molecule has 1 fully saturated rings. The lowest BCUT2D eigenvalue weighted by atomic mass is 10.1. The second-order valence-electron chi connectivity index (χ2n) is 5.02. The van der Waals surface area contributed by atoms with Gasteiger partial charge in [-0.15, -0.1) is 0 Å². The van der Waals surface area contributed by atoms with Crippen LogP contribution in [0.4, 0.5) is 8.78 Å². The average Bonchev–Trinajstić information content (AvgIpc) is 2.46. The third-order valence-corrected chi connectivity index (χ3v) is 3.46. The number of ether oxygens (including phenoxy) is 1. The van der Waals surface area contributed by atoms with E-state index in [2.05, 4.69) is 5.32 Å². The minimum atomic E-state index is -2.81. The highest BCUT2D eigenvalue weighted by Crippen LogP contribution is 2.26. The van der Waals surface area contributed by atoms with Gasteiger partial charge in [0, 0.05) is 12.2 Å². The van der Waals surface area contributed by atoms with Crippen LogP contribution in [0.25, 0.3) is 0 Å². The maximum atomic E-state index is 13.8. The topological polar surface area (TPSA) is 21.3 Å². The standard InChI is InChI=1S/C15H21F2NO/c16-15(17,13-6-2-1-3-7-13)12-18-10-9-14-8-4-5-11-19-14/h1-3,6-7,14,18H,4-5,8-12H2. The van der Waals surface area contributed by atoms with Crippen LogP contribution in [0.15, 0.2) is 30.3 Å². The van der Waals surface area contributed by atoms with Crippen LogP contribution in [0.5, 0.6) is 0 Å².